The molecule has 26 heavy (non-hydrogen) atoms. The molecule has 2 rings (SSSR count). The van der Waals surface area contributed by atoms with Crippen LogP contribution in [0.3, 0.4) is 0 Å². The number of amides is 1. The van der Waals surface area contributed by atoms with Gasteiger partial charge in [-0.1, -0.05) is 56.0 Å². The van der Waals surface area contributed by atoms with E-state index in [1.807, 2.05) is 18.2 Å². The molecule has 1 amide bonds. The van der Waals surface area contributed by atoms with Crippen LogP contribution in [-0.4, -0.2) is 44.0 Å². The largest absolute Gasteiger partial charge is 0.356 e. The van der Waals surface area contributed by atoms with Crippen LogP contribution in [0.4, 0.5) is 0 Å². The van der Waals surface area contributed by atoms with E-state index >= 15 is 0 Å². The van der Waals surface area contributed by atoms with Gasteiger partial charge in [-0.25, -0.2) is 4.99 Å². The summed E-state index contributed by atoms with van der Waals surface area (Å²) in [7, 11) is 3.53. The monoisotopic (exact) mass is 472 g/mol. The fourth-order valence-electron chi connectivity index (χ4n) is 3.14. The third-order valence-electron chi connectivity index (χ3n) is 4.72. The standard InChI is InChI=1S/C20H32N4O.HI/c1-24(2)19(25)16-23-20(22-15-18-11-4-3-5-12-18)21-14-8-13-17-9-6-7-10-17;/h3-5,11-12,17H,6-10,13-16H2,1-2H3,(H2,21,22,23);1H. The van der Waals surface area contributed by atoms with E-state index < -0.39 is 0 Å². The van der Waals surface area contributed by atoms with Gasteiger partial charge in [0.1, 0.15) is 0 Å². The molecule has 146 valence electrons. The molecule has 6 heteroatoms. The van der Waals surface area contributed by atoms with Gasteiger partial charge in [-0.3, -0.25) is 4.79 Å². The highest BCUT2D eigenvalue weighted by atomic mass is 127. The quantitative estimate of drug-likeness (QED) is 0.264. The summed E-state index contributed by atoms with van der Waals surface area (Å²) in [5.74, 6) is 1.67. The maximum Gasteiger partial charge on any atom is 0.241 e. The van der Waals surface area contributed by atoms with Crippen molar-refractivity contribution < 1.29 is 4.79 Å². The Hall–Kier alpha value is -1.31. The van der Waals surface area contributed by atoms with Gasteiger partial charge in [0.25, 0.3) is 0 Å². The summed E-state index contributed by atoms with van der Waals surface area (Å²) in [5, 5.41) is 6.52. The summed E-state index contributed by atoms with van der Waals surface area (Å²) in [6.45, 7) is 1.76. The van der Waals surface area contributed by atoms with Crippen molar-refractivity contribution in [3.63, 3.8) is 0 Å². The molecule has 1 fully saturated rings. The lowest BCUT2D eigenvalue weighted by atomic mass is 10.0. The number of guanidine groups is 1. The fraction of sp³-hybridized carbons (Fsp3) is 0.600. The molecule has 0 atom stereocenters. The van der Waals surface area contributed by atoms with E-state index in [2.05, 4.69) is 27.8 Å². The second-order valence-electron chi connectivity index (χ2n) is 7.01. The molecule has 0 spiro atoms. The molecule has 0 unspecified atom stereocenters. The van der Waals surface area contributed by atoms with Crippen molar-refractivity contribution in [3.05, 3.63) is 35.9 Å². The predicted octanol–water partition coefficient (Wildman–Crippen LogP) is 3.40. The normalized spacial score (nSPS) is 14.6. The molecule has 0 saturated heterocycles. The van der Waals surface area contributed by atoms with E-state index in [1.165, 1.54) is 32.1 Å². The summed E-state index contributed by atoms with van der Waals surface area (Å²) in [6.07, 6.45) is 8.02. The Kier molecular flexibility index (Phi) is 11.3. The lowest BCUT2D eigenvalue weighted by Gasteiger charge is -2.15. The zero-order chi connectivity index (χ0) is 17.9. The fourth-order valence-corrected chi connectivity index (χ4v) is 3.14. The Balaban J connectivity index is 0.00000338. The summed E-state index contributed by atoms with van der Waals surface area (Å²) >= 11 is 0. The van der Waals surface area contributed by atoms with Crippen LogP contribution in [0.25, 0.3) is 0 Å². The third kappa shape index (κ3) is 8.87. The molecule has 2 N–H and O–H groups in total. The van der Waals surface area contributed by atoms with Crippen molar-refractivity contribution in [2.45, 2.75) is 45.1 Å². The van der Waals surface area contributed by atoms with Crippen molar-refractivity contribution in [1.82, 2.24) is 15.5 Å². The molecular weight excluding hydrogens is 439 g/mol. The summed E-state index contributed by atoms with van der Waals surface area (Å²) in [6, 6.07) is 10.2. The lowest BCUT2D eigenvalue weighted by molar-refractivity contribution is -0.127. The first-order chi connectivity index (χ1) is 12.1. The highest BCUT2D eigenvalue weighted by Crippen LogP contribution is 2.28. The number of carbonyl (C=O) groups is 1. The van der Waals surface area contributed by atoms with E-state index in [9.17, 15) is 4.79 Å². The van der Waals surface area contributed by atoms with Crippen LogP contribution < -0.4 is 10.6 Å². The van der Waals surface area contributed by atoms with Gasteiger partial charge in [0, 0.05) is 20.6 Å². The number of rotatable bonds is 8. The Morgan fingerprint density at radius 2 is 1.85 bits per heavy atom. The first-order valence-electron chi connectivity index (χ1n) is 9.41. The topological polar surface area (TPSA) is 56.7 Å². The summed E-state index contributed by atoms with van der Waals surface area (Å²) < 4.78 is 0. The molecule has 1 aromatic rings. The average Bonchev–Trinajstić information content (AvgIpc) is 3.14. The van der Waals surface area contributed by atoms with Gasteiger partial charge in [-0.2, -0.15) is 0 Å². The number of halogens is 1. The Bertz CT molecular complexity index is 542. The van der Waals surface area contributed by atoms with Crippen molar-refractivity contribution in [2.75, 3.05) is 27.2 Å². The number of nitrogens with one attached hydrogen (secondary N) is 2. The molecule has 1 aliphatic carbocycles. The number of hydrogen-bond donors (Lipinski definition) is 2. The van der Waals surface area contributed by atoms with E-state index in [4.69, 9.17) is 0 Å². The molecule has 0 bridgehead atoms. The summed E-state index contributed by atoms with van der Waals surface area (Å²) in [5.41, 5.74) is 1.16. The first kappa shape index (κ1) is 22.7. The molecule has 0 aromatic heterocycles. The molecule has 1 aromatic carbocycles. The number of hydrogen-bond acceptors (Lipinski definition) is 2. The van der Waals surface area contributed by atoms with Gasteiger partial charge in [-0.05, 0) is 24.3 Å². The zero-order valence-electron chi connectivity index (χ0n) is 16.0. The lowest BCUT2D eigenvalue weighted by Crippen LogP contribution is -2.43. The highest BCUT2D eigenvalue weighted by Gasteiger charge is 2.14. The maximum atomic E-state index is 11.8. The summed E-state index contributed by atoms with van der Waals surface area (Å²) in [4.78, 5) is 18.0. The van der Waals surface area contributed by atoms with Crippen LogP contribution in [-0.2, 0) is 11.3 Å². The van der Waals surface area contributed by atoms with Gasteiger partial charge in [-0.15, -0.1) is 24.0 Å². The molecular formula is C20H33IN4O. The van der Waals surface area contributed by atoms with E-state index in [0.29, 0.717) is 12.5 Å². The average molecular weight is 472 g/mol. The second kappa shape index (κ2) is 12.9. The van der Waals surface area contributed by atoms with Crippen LogP contribution in [0.1, 0.15) is 44.1 Å². The molecule has 0 radical (unpaired) electrons. The minimum absolute atomic E-state index is 0. The van der Waals surface area contributed by atoms with Crippen LogP contribution in [0.2, 0.25) is 0 Å². The van der Waals surface area contributed by atoms with E-state index in [0.717, 1.165) is 24.4 Å². The van der Waals surface area contributed by atoms with Crippen molar-refractivity contribution in [2.24, 2.45) is 10.9 Å². The zero-order valence-corrected chi connectivity index (χ0v) is 18.4. The number of aliphatic imine (C=N–C) groups is 1. The van der Waals surface area contributed by atoms with Gasteiger partial charge >= 0.3 is 0 Å². The van der Waals surface area contributed by atoms with Crippen molar-refractivity contribution in [3.8, 4) is 0 Å². The second-order valence-corrected chi connectivity index (χ2v) is 7.01. The maximum absolute atomic E-state index is 11.8. The van der Waals surface area contributed by atoms with Crippen LogP contribution in [0.15, 0.2) is 35.3 Å². The molecule has 0 aliphatic heterocycles. The van der Waals surface area contributed by atoms with Crippen LogP contribution in [0, 0.1) is 5.92 Å². The molecule has 0 heterocycles. The SMILES string of the molecule is CN(C)C(=O)CNC(=NCc1ccccc1)NCCCC1CCCC1.I. The van der Waals surface area contributed by atoms with Gasteiger partial charge < -0.3 is 15.5 Å². The number of benzene rings is 1. The number of likely N-dealkylation sites (N-methyl/N-ethyl adjacent to an activating group) is 1. The number of carbonyl (C=O) groups excluding carboxylic acids is 1. The highest BCUT2D eigenvalue weighted by molar-refractivity contribution is 14.0. The van der Waals surface area contributed by atoms with E-state index in [1.54, 1.807) is 19.0 Å². The molecule has 5 nitrogen and oxygen atoms in total. The smallest absolute Gasteiger partial charge is 0.241 e. The van der Waals surface area contributed by atoms with Crippen LogP contribution >= 0.6 is 24.0 Å². The Labute approximate surface area is 175 Å². The number of nitrogens with zero attached hydrogens (tertiary/aromatic N) is 2. The van der Waals surface area contributed by atoms with Crippen molar-refractivity contribution >= 4 is 35.8 Å². The molecule has 1 saturated carbocycles. The predicted molar refractivity (Wildman–Crippen MR) is 119 cm³/mol. The minimum atomic E-state index is 0. The Morgan fingerprint density at radius 3 is 2.50 bits per heavy atom. The van der Waals surface area contributed by atoms with Gasteiger partial charge in [0.05, 0.1) is 13.1 Å². The van der Waals surface area contributed by atoms with E-state index in [-0.39, 0.29) is 36.4 Å². The first-order valence-corrected chi connectivity index (χ1v) is 9.41. The van der Waals surface area contributed by atoms with Crippen LogP contribution in [0.5, 0.6) is 0 Å². The minimum Gasteiger partial charge on any atom is -0.356 e. The van der Waals surface area contributed by atoms with Gasteiger partial charge in [0.15, 0.2) is 5.96 Å². The third-order valence-corrected chi connectivity index (χ3v) is 4.72. The van der Waals surface area contributed by atoms with Crippen molar-refractivity contribution in [1.29, 1.82) is 0 Å². The van der Waals surface area contributed by atoms with Gasteiger partial charge in [0.2, 0.25) is 5.91 Å². The molecule has 1 aliphatic rings. The Morgan fingerprint density at radius 1 is 1.15 bits per heavy atom.